The first-order valence-electron chi connectivity index (χ1n) is 6.81. The molecule has 1 amide bonds. The predicted octanol–water partition coefficient (Wildman–Crippen LogP) is 2.18. The Hall–Kier alpha value is -0.780. The van der Waals surface area contributed by atoms with Gasteiger partial charge in [0.2, 0.25) is 5.91 Å². The first-order valence-corrected chi connectivity index (χ1v) is 6.81. The van der Waals surface area contributed by atoms with E-state index in [2.05, 4.69) is 5.32 Å². The molecule has 19 heavy (non-hydrogen) atoms. The summed E-state index contributed by atoms with van der Waals surface area (Å²) >= 11 is 0. The molecule has 0 aromatic carbocycles. The normalized spacial score (nSPS) is 26.8. The molecule has 1 saturated carbocycles. The van der Waals surface area contributed by atoms with Gasteiger partial charge in [0, 0.05) is 12.1 Å². The van der Waals surface area contributed by atoms with Gasteiger partial charge in [-0.15, -0.1) is 0 Å². The first-order chi connectivity index (χ1) is 8.73. The summed E-state index contributed by atoms with van der Waals surface area (Å²) in [5, 5.41) is 3.04. The van der Waals surface area contributed by atoms with Crippen LogP contribution in [-0.4, -0.2) is 42.2 Å². The fourth-order valence-corrected chi connectivity index (χ4v) is 2.90. The summed E-state index contributed by atoms with van der Waals surface area (Å²) in [6.07, 6.45) is -1.86. The molecule has 1 saturated heterocycles. The topological polar surface area (TPSA) is 32.3 Å². The number of halogens is 3. The Labute approximate surface area is 111 Å². The number of rotatable bonds is 4. The van der Waals surface area contributed by atoms with Crippen LogP contribution in [0.5, 0.6) is 0 Å². The summed E-state index contributed by atoms with van der Waals surface area (Å²) in [5.74, 6) is -0.993. The van der Waals surface area contributed by atoms with Gasteiger partial charge in [-0.25, -0.2) is 0 Å². The lowest BCUT2D eigenvalue weighted by Gasteiger charge is -2.36. The van der Waals surface area contributed by atoms with Crippen LogP contribution in [0.25, 0.3) is 0 Å². The molecule has 2 rings (SSSR count). The molecule has 0 radical (unpaired) electrons. The number of amides is 1. The van der Waals surface area contributed by atoms with E-state index in [-0.39, 0.29) is 25.4 Å². The van der Waals surface area contributed by atoms with Gasteiger partial charge in [0.25, 0.3) is 0 Å². The van der Waals surface area contributed by atoms with Gasteiger partial charge < -0.3 is 10.2 Å². The molecule has 0 bridgehead atoms. The largest absolute Gasteiger partial charge is 0.394 e. The zero-order valence-electron chi connectivity index (χ0n) is 11.4. The van der Waals surface area contributed by atoms with E-state index in [1.807, 2.05) is 0 Å². The van der Waals surface area contributed by atoms with E-state index in [0.717, 1.165) is 6.54 Å². The van der Waals surface area contributed by atoms with Crippen LogP contribution in [0.3, 0.4) is 0 Å². The molecule has 1 aliphatic heterocycles. The lowest BCUT2D eigenvalue weighted by Crippen LogP contribution is -2.51. The average Bonchev–Trinajstić information content (AvgIpc) is 3.00. The summed E-state index contributed by atoms with van der Waals surface area (Å²) in [6.45, 7) is 4.15. The average molecular weight is 278 g/mol. The third kappa shape index (κ3) is 3.22. The number of hydrogen-bond acceptors (Lipinski definition) is 2. The van der Waals surface area contributed by atoms with Crippen LogP contribution < -0.4 is 5.32 Å². The minimum Gasteiger partial charge on any atom is -0.336 e. The van der Waals surface area contributed by atoms with Crippen molar-refractivity contribution >= 4 is 5.91 Å². The van der Waals surface area contributed by atoms with Crippen LogP contribution in [-0.2, 0) is 4.79 Å². The number of nitrogens with one attached hydrogen (secondary N) is 1. The van der Waals surface area contributed by atoms with E-state index in [0.29, 0.717) is 5.92 Å². The highest BCUT2D eigenvalue weighted by molar-refractivity contribution is 5.79. The van der Waals surface area contributed by atoms with E-state index < -0.39 is 17.6 Å². The molecule has 6 heteroatoms. The first kappa shape index (κ1) is 14.6. The van der Waals surface area contributed by atoms with E-state index in [1.54, 1.807) is 0 Å². The Bertz CT molecular complexity index is 350. The van der Waals surface area contributed by atoms with Gasteiger partial charge in [0.1, 0.15) is 0 Å². The molecule has 1 aliphatic carbocycles. The smallest absolute Gasteiger partial charge is 0.336 e. The zero-order valence-corrected chi connectivity index (χ0v) is 11.4. The van der Waals surface area contributed by atoms with E-state index in [4.69, 9.17) is 0 Å². The standard InChI is InChI=1S/C13H21F3N2O/c1-12(2)10(13(14,15)16)5-6-18(12)11(19)8-17-7-9-3-4-9/h9-10,17H,3-8H2,1-2H3. The van der Waals surface area contributed by atoms with Crippen molar-refractivity contribution in [2.75, 3.05) is 19.6 Å². The van der Waals surface area contributed by atoms with Gasteiger partial charge in [0.05, 0.1) is 12.5 Å². The Kier molecular flexibility index (Phi) is 3.82. The van der Waals surface area contributed by atoms with E-state index >= 15 is 0 Å². The molecular formula is C13H21F3N2O. The molecule has 1 heterocycles. The third-order valence-corrected chi connectivity index (χ3v) is 4.29. The van der Waals surface area contributed by atoms with Gasteiger partial charge >= 0.3 is 6.18 Å². The highest BCUT2D eigenvalue weighted by Crippen LogP contribution is 2.44. The molecular weight excluding hydrogens is 257 g/mol. The number of nitrogens with zero attached hydrogens (tertiary/aromatic N) is 1. The second-order valence-electron chi connectivity index (χ2n) is 6.16. The van der Waals surface area contributed by atoms with Crippen LogP contribution in [0.2, 0.25) is 0 Å². The maximum Gasteiger partial charge on any atom is 0.394 e. The van der Waals surface area contributed by atoms with Gasteiger partial charge in [-0.2, -0.15) is 13.2 Å². The Morgan fingerprint density at radius 1 is 1.32 bits per heavy atom. The molecule has 2 aliphatic rings. The minimum atomic E-state index is -4.24. The van der Waals surface area contributed by atoms with Gasteiger partial charge in [-0.05, 0) is 45.6 Å². The number of hydrogen-bond donors (Lipinski definition) is 1. The molecule has 2 fully saturated rings. The summed E-state index contributed by atoms with van der Waals surface area (Å²) in [7, 11) is 0. The fourth-order valence-electron chi connectivity index (χ4n) is 2.90. The fraction of sp³-hybridized carbons (Fsp3) is 0.923. The number of alkyl halides is 3. The SMILES string of the molecule is CC1(C)C(C(F)(F)F)CCN1C(=O)CNCC1CC1. The van der Waals surface area contributed by atoms with Crippen molar-refractivity contribution in [1.29, 1.82) is 0 Å². The molecule has 1 N–H and O–H groups in total. The quantitative estimate of drug-likeness (QED) is 0.855. The van der Waals surface area contributed by atoms with Gasteiger partial charge in [-0.1, -0.05) is 0 Å². The van der Waals surface area contributed by atoms with Crippen LogP contribution in [0.4, 0.5) is 13.2 Å². The lowest BCUT2D eigenvalue weighted by atomic mass is 9.88. The molecule has 0 aromatic heterocycles. The summed E-state index contributed by atoms with van der Waals surface area (Å²) in [4.78, 5) is 13.4. The second-order valence-corrected chi connectivity index (χ2v) is 6.16. The van der Waals surface area contributed by atoms with Crippen molar-refractivity contribution in [2.24, 2.45) is 11.8 Å². The number of likely N-dealkylation sites (tertiary alicyclic amines) is 1. The van der Waals surface area contributed by atoms with Crippen molar-refractivity contribution < 1.29 is 18.0 Å². The lowest BCUT2D eigenvalue weighted by molar-refractivity contribution is -0.192. The molecule has 1 unspecified atom stereocenters. The van der Waals surface area contributed by atoms with Crippen molar-refractivity contribution in [3.05, 3.63) is 0 Å². The third-order valence-electron chi connectivity index (χ3n) is 4.29. The summed E-state index contributed by atoms with van der Waals surface area (Å²) in [5.41, 5.74) is -1.14. The highest BCUT2D eigenvalue weighted by atomic mass is 19.4. The van der Waals surface area contributed by atoms with E-state index in [1.165, 1.54) is 31.6 Å². The number of carbonyl (C=O) groups excluding carboxylic acids is 1. The zero-order chi connectivity index (χ0) is 14.3. The van der Waals surface area contributed by atoms with Crippen molar-refractivity contribution in [1.82, 2.24) is 10.2 Å². The molecule has 0 spiro atoms. The minimum absolute atomic E-state index is 0.00483. The summed E-state index contributed by atoms with van der Waals surface area (Å²) < 4.78 is 38.7. The molecule has 3 nitrogen and oxygen atoms in total. The van der Waals surface area contributed by atoms with Crippen LogP contribution in [0.1, 0.15) is 33.1 Å². The molecule has 1 atom stereocenters. The van der Waals surface area contributed by atoms with E-state index in [9.17, 15) is 18.0 Å². The van der Waals surface area contributed by atoms with Crippen LogP contribution in [0.15, 0.2) is 0 Å². The summed E-state index contributed by atoms with van der Waals surface area (Å²) in [6, 6.07) is 0. The Balaban J connectivity index is 1.90. The highest BCUT2D eigenvalue weighted by Gasteiger charge is 2.55. The van der Waals surface area contributed by atoms with Crippen molar-refractivity contribution in [2.45, 2.75) is 44.8 Å². The van der Waals surface area contributed by atoms with Gasteiger partial charge in [-0.3, -0.25) is 4.79 Å². The predicted molar refractivity (Wildman–Crippen MR) is 65.5 cm³/mol. The second kappa shape index (κ2) is 4.96. The maximum absolute atomic E-state index is 12.9. The Morgan fingerprint density at radius 3 is 2.42 bits per heavy atom. The van der Waals surface area contributed by atoms with Crippen LogP contribution >= 0.6 is 0 Å². The molecule has 110 valence electrons. The van der Waals surface area contributed by atoms with Crippen molar-refractivity contribution in [3.63, 3.8) is 0 Å². The van der Waals surface area contributed by atoms with Gasteiger partial charge in [0.15, 0.2) is 0 Å². The van der Waals surface area contributed by atoms with Crippen LogP contribution in [0, 0.1) is 11.8 Å². The molecule has 0 aromatic rings. The Morgan fingerprint density at radius 2 is 1.95 bits per heavy atom. The maximum atomic E-state index is 12.9. The monoisotopic (exact) mass is 278 g/mol. The van der Waals surface area contributed by atoms with Crippen molar-refractivity contribution in [3.8, 4) is 0 Å². The number of carbonyl (C=O) groups is 1.